The molecule has 10 heteroatoms. The predicted molar refractivity (Wildman–Crippen MR) is 97.5 cm³/mol. The lowest BCUT2D eigenvalue weighted by Crippen LogP contribution is -2.17. The smallest absolute Gasteiger partial charge is 0.416 e. The van der Waals surface area contributed by atoms with Gasteiger partial charge in [-0.05, 0) is 12.1 Å². The van der Waals surface area contributed by atoms with Crippen LogP contribution in [0, 0.1) is 0 Å². The van der Waals surface area contributed by atoms with Crippen LogP contribution in [0.1, 0.15) is 22.3 Å². The molecule has 0 fully saturated rings. The summed E-state index contributed by atoms with van der Waals surface area (Å²) in [7, 11) is 1.20. The maximum Gasteiger partial charge on any atom is 0.416 e. The lowest BCUT2D eigenvalue weighted by Gasteiger charge is -2.10. The van der Waals surface area contributed by atoms with Gasteiger partial charge in [-0.3, -0.25) is 0 Å². The molecule has 2 N–H and O–H groups in total. The van der Waals surface area contributed by atoms with E-state index in [0.29, 0.717) is 5.56 Å². The van der Waals surface area contributed by atoms with Crippen LogP contribution >= 0.6 is 0 Å². The summed E-state index contributed by atoms with van der Waals surface area (Å²) in [6.45, 7) is -0.872. The van der Waals surface area contributed by atoms with Crippen molar-refractivity contribution in [3.63, 3.8) is 0 Å². The quantitative estimate of drug-likeness (QED) is 0.515. The number of rotatable bonds is 8. The van der Waals surface area contributed by atoms with Crippen molar-refractivity contribution in [1.29, 1.82) is 0 Å². The first-order valence-electron chi connectivity index (χ1n) is 8.18. The van der Waals surface area contributed by atoms with Crippen molar-refractivity contribution in [3.05, 3.63) is 70.8 Å². The Morgan fingerprint density at radius 2 is 1.83 bits per heavy atom. The molecule has 0 bridgehead atoms. The third-order valence-corrected chi connectivity index (χ3v) is 3.73. The Kier molecular flexibility index (Phi) is 7.32. The van der Waals surface area contributed by atoms with Gasteiger partial charge in [-0.15, -0.1) is 0 Å². The fourth-order valence-electron chi connectivity index (χ4n) is 2.40. The number of benzene rings is 2. The zero-order valence-corrected chi connectivity index (χ0v) is 15.2. The van der Waals surface area contributed by atoms with E-state index in [4.69, 9.17) is 4.84 Å². The van der Waals surface area contributed by atoms with Gasteiger partial charge in [0.25, 0.3) is 0 Å². The largest absolute Gasteiger partial charge is 0.476 e. The molecule has 0 radical (unpaired) electrons. The van der Waals surface area contributed by atoms with Crippen molar-refractivity contribution < 1.29 is 37.9 Å². The second-order valence-electron chi connectivity index (χ2n) is 5.63. The Hall–Kier alpha value is -3.40. The molecule has 0 atom stereocenters. The average Bonchev–Trinajstić information content (AvgIpc) is 2.69. The van der Waals surface area contributed by atoms with Crippen molar-refractivity contribution >= 4 is 17.4 Å². The second kappa shape index (κ2) is 9.69. The highest BCUT2D eigenvalue weighted by Gasteiger charge is 2.30. The highest BCUT2D eigenvalue weighted by molar-refractivity contribution is 6.42. The van der Waals surface area contributed by atoms with E-state index in [1.165, 1.54) is 25.3 Å². The van der Waals surface area contributed by atoms with Gasteiger partial charge in [0.15, 0.2) is 5.71 Å². The van der Waals surface area contributed by atoms with Crippen molar-refractivity contribution in [1.82, 2.24) is 0 Å². The fraction of sp³-hybridized carbons (Fsp3) is 0.211. The SMILES string of the molecule is CO/N=C(/C(=O)O)c1ccccc1CO/N=C(/CO)c1cccc(C(F)(F)F)c1. The lowest BCUT2D eigenvalue weighted by molar-refractivity contribution is -0.137. The number of aliphatic hydroxyl groups is 1. The summed E-state index contributed by atoms with van der Waals surface area (Å²) in [5.74, 6) is -1.32. The van der Waals surface area contributed by atoms with Crippen LogP contribution in [0.4, 0.5) is 13.2 Å². The molecule has 7 nitrogen and oxygen atoms in total. The summed E-state index contributed by atoms with van der Waals surface area (Å²) < 4.78 is 38.6. The molecule has 0 aliphatic carbocycles. The molecule has 0 saturated carbocycles. The molecule has 29 heavy (non-hydrogen) atoms. The van der Waals surface area contributed by atoms with Crippen LogP contribution in [-0.4, -0.2) is 41.3 Å². The second-order valence-corrected chi connectivity index (χ2v) is 5.63. The number of halogens is 3. The van der Waals surface area contributed by atoms with Crippen LogP contribution in [0.2, 0.25) is 0 Å². The number of alkyl halides is 3. The first-order valence-corrected chi connectivity index (χ1v) is 8.18. The summed E-state index contributed by atoms with van der Waals surface area (Å²) in [6.07, 6.45) is -4.54. The number of oxime groups is 2. The normalized spacial score (nSPS) is 12.6. The van der Waals surface area contributed by atoms with Crippen LogP contribution < -0.4 is 0 Å². The standard InChI is InChI=1S/C19H17F3N2O5/c1-28-24-17(18(26)27)15-8-3-2-5-13(15)11-29-23-16(10-25)12-6-4-7-14(9-12)19(20,21)22/h2-9,25H,10-11H2,1H3,(H,26,27)/b23-16-,24-17+. The maximum absolute atomic E-state index is 12.9. The zero-order chi connectivity index (χ0) is 21.4. The van der Waals surface area contributed by atoms with Gasteiger partial charge in [0.05, 0.1) is 12.2 Å². The summed E-state index contributed by atoms with van der Waals surface area (Å²) in [6, 6.07) is 10.6. The Labute approximate surface area is 163 Å². The number of hydrogen-bond donors (Lipinski definition) is 2. The minimum absolute atomic E-state index is 0.0442. The number of carboxylic acid groups (broad SMARTS) is 1. The molecule has 0 aromatic heterocycles. The van der Waals surface area contributed by atoms with E-state index in [1.54, 1.807) is 18.2 Å². The summed E-state index contributed by atoms with van der Waals surface area (Å²) >= 11 is 0. The monoisotopic (exact) mass is 410 g/mol. The van der Waals surface area contributed by atoms with E-state index < -0.39 is 24.3 Å². The van der Waals surface area contributed by atoms with Crippen LogP contribution in [0.15, 0.2) is 58.8 Å². The third kappa shape index (κ3) is 5.79. The molecule has 0 heterocycles. The molecule has 0 aliphatic rings. The fourth-order valence-corrected chi connectivity index (χ4v) is 2.40. The number of hydrogen-bond acceptors (Lipinski definition) is 6. The third-order valence-electron chi connectivity index (χ3n) is 3.73. The van der Waals surface area contributed by atoms with E-state index in [1.807, 2.05) is 0 Å². The van der Waals surface area contributed by atoms with Gasteiger partial charge in [-0.2, -0.15) is 13.2 Å². The first kappa shape index (κ1) is 21.9. The van der Waals surface area contributed by atoms with Crippen LogP contribution in [-0.2, 0) is 27.3 Å². The number of nitrogens with zero attached hydrogens (tertiary/aromatic N) is 2. The Morgan fingerprint density at radius 1 is 1.10 bits per heavy atom. The molecule has 0 saturated heterocycles. The highest BCUT2D eigenvalue weighted by atomic mass is 19.4. The molecule has 2 aromatic carbocycles. The minimum Gasteiger partial charge on any atom is -0.476 e. The Morgan fingerprint density at radius 3 is 2.45 bits per heavy atom. The number of carboxylic acids is 1. The number of aliphatic carboxylic acids is 1. The maximum atomic E-state index is 12.9. The molecule has 0 unspecified atom stereocenters. The topological polar surface area (TPSA) is 101 Å². The number of aliphatic hydroxyl groups excluding tert-OH is 1. The van der Waals surface area contributed by atoms with E-state index in [-0.39, 0.29) is 29.2 Å². The molecule has 0 amide bonds. The van der Waals surface area contributed by atoms with Gasteiger partial charge < -0.3 is 19.9 Å². The molecule has 2 aromatic rings. The van der Waals surface area contributed by atoms with Gasteiger partial charge in [0, 0.05) is 16.7 Å². The average molecular weight is 410 g/mol. The van der Waals surface area contributed by atoms with Crippen molar-refractivity contribution in [2.75, 3.05) is 13.7 Å². The summed E-state index contributed by atoms with van der Waals surface area (Å²) in [5, 5.41) is 25.9. The van der Waals surface area contributed by atoms with Crippen LogP contribution in [0.25, 0.3) is 0 Å². The molecule has 0 spiro atoms. The van der Waals surface area contributed by atoms with Crippen LogP contribution in [0.5, 0.6) is 0 Å². The molecular formula is C19H17F3N2O5. The van der Waals surface area contributed by atoms with E-state index >= 15 is 0 Å². The first-order chi connectivity index (χ1) is 13.8. The van der Waals surface area contributed by atoms with E-state index in [2.05, 4.69) is 15.1 Å². The lowest BCUT2D eigenvalue weighted by atomic mass is 10.0. The van der Waals surface area contributed by atoms with Gasteiger partial charge in [0.2, 0.25) is 0 Å². The molecule has 2 rings (SSSR count). The summed E-state index contributed by atoms with van der Waals surface area (Å²) in [4.78, 5) is 21.1. The van der Waals surface area contributed by atoms with E-state index in [0.717, 1.165) is 12.1 Å². The summed E-state index contributed by atoms with van der Waals surface area (Å²) in [5.41, 5.74) is -0.683. The van der Waals surface area contributed by atoms with Gasteiger partial charge >= 0.3 is 12.1 Å². The zero-order valence-electron chi connectivity index (χ0n) is 15.2. The van der Waals surface area contributed by atoms with Gasteiger partial charge in [0.1, 0.15) is 19.4 Å². The highest BCUT2D eigenvalue weighted by Crippen LogP contribution is 2.29. The Bertz CT molecular complexity index is 926. The van der Waals surface area contributed by atoms with Crippen molar-refractivity contribution in [3.8, 4) is 0 Å². The van der Waals surface area contributed by atoms with Gasteiger partial charge in [-0.25, -0.2) is 4.79 Å². The minimum atomic E-state index is -4.54. The molecule has 154 valence electrons. The number of carbonyl (C=O) groups is 1. The van der Waals surface area contributed by atoms with Crippen molar-refractivity contribution in [2.24, 2.45) is 10.3 Å². The van der Waals surface area contributed by atoms with E-state index in [9.17, 15) is 28.2 Å². The van der Waals surface area contributed by atoms with Gasteiger partial charge in [-0.1, -0.05) is 46.7 Å². The molecule has 0 aliphatic heterocycles. The Balaban J connectivity index is 2.25. The van der Waals surface area contributed by atoms with Crippen molar-refractivity contribution in [2.45, 2.75) is 12.8 Å². The van der Waals surface area contributed by atoms with Crippen LogP contribution in [0.3, 0.4) is 0 Å². The predicted octanol–water partition coefficient (Wildman–Crippen LogP) is 3.05. The molecular weight excluding hydrogens is 393 g/mol.